The highest BCUT2D eigenvalue weighted by molar-refractivity contribution is 4.90. The summed E-state index contributed by atoms with van der Waals surface area (Å²) in [6, 6.07) is 0.950. The number of likely N-dealkylation sites (tertiary alicyclic amines) is 2. The Morgan fingerprint density at radius 3 is 1.46 bits per heavy atom. The number of alkyl halides is 2. The molecule has 144 valence electrons. The maximum absolute atomic E-state index is 12.8. The molecule has 0 radical (unpaired) electrons. The van der Waals surface area contributed by atoms with E-state index in [9.17, 15) is 8.78 Å². The Balaban J connectivity index is 0.000000243. The molecule has 0 aromatic rings. The summed E-state index contributed by atoms with van der Waals surface area (Å²) in [5, 5.41) is 0. The third-order valence-electron chi connectivity index (χ3n) is 5.06. The number of hydrogen-bond acceptors (Lipinski definition) is 2. The van der Waals surface area contributed by atoms with Gasteiger partial charge in [-0.15, -0.1) is 0 Å². The Hall–Kier alpha value is -0.220. The zero-order chi connectivity index (χ0) is 18.7. The molecule has 0 amide bonds. The fourth-order valence-electron chi connectivity index (χ4n) is 4.36. The summed E-state index contributed by atoms with van der Waals surface area (Å²) >= 11 is 0. The summed E-state index contributed by atoms with van der Waals surface area (Å²) in [5.41, 5.74) is 0.984. The Bertz CT molecular complexity index is 354. The molecule has 2 unspecified atom stereocenters. The first-order valence-electron chi connectivity index (χ1n) is 9.57. The zero-order valence-corrected chi connectivity index (χ0v) is 17.2. The van der Waals surface area contributed by atoms with E-state index in [1.807, 2.05) is 18.7 Å². The van der Waals surface area contributed by atoms with Gasteiger partial charge in [-0.1, -0.05) is 27.7 Å². The molecule has 2 saturated heterocycles. The molecule has 2 rings (SSSR count). The lowest BCUT2D eigenvalue weighted by molar-refractivity contribution is 0.00992. The van der Waals surface area contributed by atoms with Crippen LogP contribution >= 0.6 is 0 Å². The lowest BCUT2D eigenvalue weighted by atomic mass is 9.71. The molecule has 0 aromatic heterocycles. The van der Waals surface area contributed by atoms with E-state index in [1.165, 1.54) is 19.5 Å². The molecule has 4 heteroatoms. The maximum Gasteiger partial charge on any atom is 0.116 e. The number of hydrogen-bond donors (Lipinski definition) is 0. The van der Waals surface area contributed by atoms with Crippen LogP contribution in [0.15, 0.2) is 0 Å². The number of rotatable bonds is 2. The van der Waals surface area contributed by atoms with Crippen LogP contribution in [-0.4, -0.2) is 60.4 Å². The molecule has 2 aliphatic rings. The third kappa shape index (κ3) is 7.35. The van der Waals surface area contributed by atoms with Gasteiger partial charge in [0.1, 0.15) is 12.3 Å². The number of piperidine rings is 2. The normalized spacial score (nSPS) is 31.0. The van der Waals surface area contributed by atoms with Crippen molar-refractivity contribution in [3.8, 4) is 0 Å². The molecule has 2 heterocycles. The summed E-state index contributed by atoms with van der Waals surface area (Å²) in [4.78, 5) is 4.46. The van der Waals surface area contributed by atoms with E-state index in [0.717, 1.165) is 0 Å². The van der Waals surface area contributed by atoms with Crippen LogP contribution in [0.2, 0.25) is 0 Å². The predicted molar refractivity (Wildman–Crippen MR) is 100 cm³/mol. The van der Waals surface area contributed by atoms with Gasteiger partial charge in [-0.05, 0) is 44.9 Å². The van der Waals surface area contributed by atoms with Gasteiger partial charge in [-0.3, -0.25) is 9.80 Å². The minimum Gasteiger partial charge on any atom is -0.300 e. The van der Waals surface area contributed by atoms with Crippen LogP contribution in [-0.2, 0) is 0 Å². The molecule has 0 bridgehead atoms. The molecule has 0 N–H and O–H groups in total. The van der Waals surface area contributed by atoms with Gasteiger partial charge >= 0.3 is 0 Å². The molecule has 0 aromatic carbocycles. The smallest absolute Gasteiger partial charge is 0.116 e. The lowest BCUT2D eigenvalue weighted by Crippen LogP contribution is -2.50. The van der Waals surface area contributed by atoms with Gasteiger partial charge in [0.2, 0.25) is 0 Å². The van der Waals surface area contributed by atoms with E-state index in [4.69, 9.17) is 0 Å². The van der Waals surface area contributed by atoms with Crippen LogP contribution in [0.1, 0.15) is 68.2 Å². The number of halogens is 2. The van der Waals surface area contributed by atoms with Crippen molar-refractivity contribution in [1.29, 1.82) is 0 Å². The second kappa shape index (κ2) is 8.44. The van der Waals surface area contributed by atoms with Gasteiger partial charge in [-0.2, -0.15) is 0 Å². The SMILES string of the molecule is CC(C)N1CC(C)(C)CC(C)(C)C1.CC(C)N1CC(F)CC(F)C1. The minimum atomic E-state index is -0.971. The van der Waals surface area contributed by atoms with Crippen molar-refractivity contribution in [2.24, 2.45) is 10.8 Å². The molecule has 2 fully saturated rings. The van der Waals surface area contributed by atoms with Crippen LogP contribution in [0.4, 0.5) is 8.78 Å². The highest BCUT2D eigenvalue weighted by atomic mass is 19.1. The molecule has 0 saturated carbocycles. The molecular weight excluding hydrogens is 306 g/mol. The Labute approximate surface area is 149 Å². The second-order valence-electron chi connectivity index (χ2n) is 9.98. The molecule has 0 spiro atoms. The highest BCUT2D eigenvalue weighted by Crippen LogP contribution is 2.40. The van der Waals surface area contributed by atoms with Crippen molar-refractivity contribution in [3.05, 3.63) is 0 Å². The van der Waals surface area contributed by atoms with Crippen molar-refractivity contribution in [1.82, 2.24) is 9.80 Å². The predicted octanol–water partition coefficient (Wildman–Crippen LogP) is 4.93. The molecule has 2 aliphatic heterocycles. The Morgan fingerprint density at radius 1 is 0.750 bits per heavy atom. The maximum atomic E-state index is 12.8. The van der Waals surface area contributed by atoms with Crippen LogP contribution in [0.5, 0.6) is 0 Å². The fourth-order valence-corrected chi connectivity index (χ4v) is 4.36. The van der Waals surface area contributed by atoms with E-state index in [2.05, 4.69) is 46.4 Å². The Kier molecular flexibility index (Phi) is 7.67. The molecule has 24 heavy (non-hydrogen) atoms. The van der Waals surface area contributed by atoms with Crippen LogP contribution < -0.4 is 0 Å². The first-order chi connectivity index (χ1) is 10.8. The summed E-state index contributed by atoms with van der Waals surface area (Å²) < 4.78 is 25.5. The highest BCUT2D eigenvalue weighted by Gasteiger charge is 2.37. The van der Waals surface area contributed by atoms with Gasteiger partial charge in [0, 0.05) is 44.7 Å². The largest absolute Gasteiger partial charge is 0.300 e. The van der Waals surface area contributed by atoms with Crippen LogP contribution in [0.25, 0.3) is 0 Å². The lowest BCUT2D eigenvalue weighted by Gasteiger charge is -2.48. The zero-order valence-electron chi connectivity index (χ0n) is 17.2. The van der Waals surface area contributed by atoms with Gasteiger partial charge in [0.05, 0.1) is 0 Å². The second-order valence-corrected chi connectivity index (χ2v) is 9.98. The van der Waals surface area contributed by atoms with Gasteiger partial charge in [0.15, 0.2) is 0 Å². The first-order valence-corrected chi connectivity index (χ1v) is 9.57. The van der Waals surface area contributed by atoms with Crippen molar-refractivity contribution in [2.75, 3.05) is 26.2 Å². The Morgan fingerprint density at radius 2 is 1.12 bits per heavy atom. The summed E-state index contributed by atoms with van der Waals surface area (Å²) in [7, 11) is 0. The molecule has 2 nitrogen and oxygen atoms in total. The topological polar surface area (TPSA) is 6.48 Å². The third-order valence-corrected chi connectivity index (χ3v) is 5.06. The van der Waals surface area contributed by atoms with Crippen molar-refractivity contribution in [3.63, 3.8) is 0 Å². The van der Waals surface area contributed by atoms with E-state index in [0.29, 0.717) is 30.0 Å². The number of nitrogens with zero attached hydrogens (tertiary/aromatic N) is 2. The van der Waals surface area contributed by atoms with Gasteiger partial charge in [-0.25, -0.2) is 8.78 Å². The monoisotopic (exact) mass is 346 g/mol. The fraction of sp³-hybridized carbons (Fsp3) is 1.00. The van der Waals surface area contributed by atoms with Crippen LogP contribution in [0, 0.1) is 10.8 Å². The standard InChI is InChI=1S/C12H25N.C8H15F2N/c1-10(2)13-8-11(3,4)7-12(5,6)9-13;1-6(2)11-4-7(9)3-8(10)5-11/h10H,7-9H2,1-6H3;6-8H,3-5H2,1-2H3. The summed E-state index contributed by atoms with van der Waals surface area (Å²) in [6.45, 7) is 21.4. The average Bonchev–Trinajstić information content (AvgIpc) is 2.34. The quantitative estimate of drug-likeness (QED) is 0.699. The van der Waals surface area contributed by atoms with Gasteiger partial charge in [0.25, 0.3) is 0 Å². The minimum absolute atomic E-state index is 0.0865. The van der Waals surface area contributed by atoms with E-state index in [1.54, 1.807) is 0 Å². The molecular formula is C20H40F2N2. The van der Waals surface area contributed by atoms with E-state index >= 15 is 0 Å². The molecule has 2 atom stereocenters. The first kappa shape index (κ1) is 21.8. The summed E-state index contributed by atoms with van der Waals surface area (Å²) in [6.07, 6.45) is -0.505. The average molecular weight is 347 g/mol. The van der Waals surface area contributed by atoms with Crippen molar-refractivity contribution < 1.29 is 8.78 Å². The van der Waals surface area contributed by atoms with Crippen LogP contribution in [0.3, 0.4) is 0 Å². The van der Waals surface area contributed by atoms with Crippen molar-refractivity contribution >= 4 is 0 Å². The van der Waals surface area contributed by atoms with E-state index in [-0.39, 0.29) is 12.5 Å². The van der Waals surface area contributed by atoms with E-state index < -0.39 is 12.3 Å². The van der Waals surface area contributed by atoms with Gasteiger partial charge < -0.3 is 0 Å². The molecule has 0 aliphatic carbocycles. The van der Waals surface area contributed by atoms with Crippen molar-refractivity contribution in [2.45, 2.75) is 92.7 Å². The summed E-state index contributed by atoms with van der Waals surface area (Å²) in [5.74, 6) is 0.